The first-order chi connectivity index (χ1) is 13.0. The summed E-state index contributed by atoms with van der Waals surface area (Å²) >= 11 is 0. The summed E-state index contributed by atoms with van der Waals surface area (Å²) in [6, 6.07) is 12.6. The van der Waals surface area contributed by atoms with Crippen LogP contribution in [0, 0.1) is 5.82 Å². The van der Waals surface area contributed by atoms with Crippen LogP contribution in [0.15, 0.2) is 54.7 Å². The van der Waals surface area contributed by atoms with Gasteiger partial charge in [-0.2, -0.15) is 0 Å². The summed E-state index contributed by atoms with van der Waals surface area (Å²) in [4.78, 5) is 28.3. The second kappa shape index (κ2) is 8.03. The van der Waals surface area contributed by atoms with Crippen molar-refractivity contribution in [2.75, 3.05) is 0 Å². The van der Waals surface area contributed by atoms with Crippen molar-refractivity contribution in [1.82, 2.24) is 15.6 Å². The lowest BCUT2D eigenvalue weighted by molar-refractivity contribution is -0.123. The maximum absolute atomic E-state index is 13.9. The highest BCUT2D eigenvalue weighted by Crippen LogP contribution is 2.19. The van der Waals surface area contributed by atoms with Crippen LogP contribution in [0.2, 0.25) is 0 Å². The Morgan fingerprint density at radius 2 is 1.74 bits per heavy atom. The lowest BCUT2D eigenvalue weighted by Gasteiger charge is -2.20. The van der Waals surface area contributed by atoms with Gasteiger partial charge >= 0.3 is 0 Å². The van der Waals surface area contributed by atoms with E-state index in [0.717, 1.165) is 16.5 Å². The van der Waals surface area contributed by atoms with Crippen molar-refractivity contribution in [3.05, 3.63) is 71.7 Å². The molecule has 0 saturated heterocycles. The minimum atomic E-state index is -0.821. The molecule has 1 atom stereocenters. The van der Waals surface area contributed by atoms with Crippen molar-refractivity contribution in [3.8, 4) is 0 Å². The average molecular weight is 367 g/mol. The number of carbonyl (C=O) groups excluding carboxylic acids is 2. The maximum Gasteiger partial charge on any atom is 0.254 e. The quantitative estimate of drug-likeness (QED) is 0.626. The molecule has 2 amide bonds. The van der Waals surface area contributed by atoms with Gasteiger partial charge in [0, 0.05) is 29.6 Å². The number of aromatic amines is 1. The Labute approximate surface area is 157 Å². The Bertz CT molecular complexity index is 965. The number of fused-ring (bicyclic) bond motifs is 1. The minimum Gasteiger partial charge on any atom is -0.361 e. The van der Waals surface area contributed by atoms with Crippen molar-refractivity contribution in [2.24, 2.45) is 0 Å². The SMILES string of the molecule is CC(C)NC(=O)[C@H](Cc1c[nH]c2ccccc12)NC(=O)c1ccccc1F. The largest absolute Gasteiger partial charge is 0.361 e. The van der Waals surface area contributed by atoms with E-state index in [1.54, 1.807) is 6.07 Å². The van der Waals surface area contributed by atoms with Gasteiger partial charge < -0.3 is 15.6 Å². The van der Waals surface area contributed by atoms with E-state index in [0.29, 0.717) is 6.42 Å². The second-order valence-corrected chi connectivity index (χ2v) is 6.73. The molecular weight excluding hydrogens is 345 g/mol. The number of benzene rings is 2. The van der Waals surface area contributed by atoms with Gasteiger partial charge in [0.25, 0.3) is 5.91 Å². The first-order valence-corrected chi connectivity index (χ1v) is 8.86. The van der Waals surface area contributed by atoms with Crippen LogP contribution in [0.5, 0.6) is 0 Å². The molecule has 0 unspecified atom stereocenters. The Morgan fingerprint density at radius 3 is 2.48 bits per heavy atom. The van der Waals surface area contributed by atoms with Crippen LogP contribution >= 0.6 is 0 Å². The number of hydrogen-bond donors (Lipinski definition) is 3. The minimum absolute atomic E-state index is 0.0756. The zero-order chi connectivity index (χ0) is 19.4. The van der Waals surface area contributed by atoms with E-state index in [2.05, 4.69) is 15.6 Å². The summed E-state index contributed by atoms with van der Waals surface area (Å²) in [6.45, 7) is 3.69. The highest BCUT2D eigenvalue weighted by molar-refractivity contribution is 5.98. The Morgan fingerprint density at radius 1 is 1.04 bits per heavy atom. The molecule has 0 fully saturated rings. The van der Waals surface area contributed by atoms with Crippen LogP contribution in [0.1, 0.15) is 29.8 Å². The number of para-hydroxylation sites is 1. The predicted octanol–water partition coefficient (Wildman–Crippen LogP) is 3.17. The van der Waals surface area contributed by atoms with Crippen LogP contribution in [0.3, 0.4) is 0 Å². The molecule has 0 aliphatic heterocycles. The molecule has 1 heterocycles. The smallest absolute Gasteiger partial charge is 0.254 e. The molecule has 1 aromatic heterocycles. The summed E-state index contributed by atoms with van der Waals surface area (Å²) < 4.78 is 13.9. The van der Waals surface area contributed by atoms with Crippen molar-refractivity contribution in [2.45, 2.75) is 32.4 Å². The molecule has 0 aliphatic rings. The van der Waals surface area contributed by atoms with E-state index in [1.807, 2.05) is 44.3 Å². The van der Waals surface area contributed by atoms with Gasteiger partial charge in [0.1, 0.15) is 11.9 Å². The molecule has 0 saturated carbocycles. The fourth-order valence-corrected chi connectivity index (χ4v) is 3.00. The number of nitrogens with one attached hydrogen (secondary N) is 3. The maximum atomic E-state index is 13.9. The highest BCUT2D eigenvalue weighted by Gasteiger charge is 2.24. The molecule has 3 N–H and O–H groups in total. The number of amides is 2. The molecule has 3 rings (SSSR count). The summed E-state index contributed by atoms with van der Waals surface area (Å²) in [7, 11) is 0. The number of carbonyl (C=O) groups is 2. The Balaban J connectivity index is 1.86. The number of aromatic nitrogens is 1. The summed E-state index contributed by atoms with van der Waals surface area (Å²) in [6.07, 6.45) is 2.12. The fourth-order valence-electron chi connectivity index (χ4n) is 3.00. The van der Waals surface area contributed by atoms with Crippen molar-refractivity contribution in [3.63, 3.8) is 0 Å². The van der Waals surface area contributed by atoms with Crippen LogP contribution in [-0.2, 0) is 11.2 Å². The van der Waals surface area contributed by atoms with E-state index >= 15 is 0 Å². The third-order valence-electron chi connectivity index (χ3n) is 4.27. The molecule has 0 bridgehead atoms. The number of halogens is 1. The van der Waals surface area contributed by atoms with Gasteiger partial charge in [0.15, 0.2) is 0 Å². The molecular formula is C21H22FN3O2. The van der Waals surface area contributed by atoms with Crippen LogP contribution < -0.4 is 10.6 Å². The van der Waals surface area contributed by atoms with Crippen LogP contribution in [-0.4, -0.2) is 28.9 Å². The molecule has 0 radical (unpaired) electrons. The van der Waals surface area contributed by atoms with Gasteiger partial charge in [0.2, 0.25) is 5.91 Å². The summed E-state index contributed by atoms with van der Waals surface area (Å²) in [5.41, 5.74) is 1.78. The van der Waals surface area contributed by atoms with Gasteiger partial charge in [0.05, 0.1) is 5.56 Å². The number of H-pyrrole nitrogens is 1. The zero-order valence-electron chi connectivity index (χ0n) is 15.3. The van der Waals surface area contributed by atoms with E-state index in [1.165, 1.54) is 18.2 Å². The topological polar surface area (TPSA) is 74.0 Å². The molecule has 27 heavy (non-hydrogen) atoms. The number of rotatable bonds is 6. The van der Waals surface area contributed by atoms with E-state index in [9.17, 15) is 14.0 Å². The van der Waals surface area contributed by atoms with E-state index in [4.69, 9.17) is 0 Å². The van der Waals surface area contributed by atoms with Gasteiger partial charge in [-0.25, -0.2) is 4.39 Å². The van der Waals surface area contributed by atoms with Gasteiger partial charge in [-0.1, -0.05) is 30.3 Å². The predicted molar refractivity (Wildman–Crippen MR) is 103 cm³/mol. The second-order valence-electron chi connectivity index (χ2n) is 6.73. The molecule has 0 spiro atoms. The molecule has 0 aliphatic carbocycles. The highest BCUT2D eigenvalue weighted by atomic mass is 19.1. The standard InChI is InChI=1S/C21H22FN3O2/c1-13(2)24-21(27)19(25-20(26)16-8-3-5-9-17(16)22)11-14-12-23-18-10-6-4-7-15(14)18/h3-10,12-13,19,23H,11H2,1-2H3,(H,24,27)(H,25,26)/t19-/m0/s1. The molecule has 140 valence electrons. The monoisotopic (exact) mass is 367 g/mol. The first kappa shape index (κ1) is 18.6. The van der Waals surface area contributed by atoms with E-state index < -0.39 is 17.8 Å². The molecule has 5 nitrogen and oxygen atoms in total. The van der Waals surface area contributed by atoms with Crippen molar-refractivity contribution >= 4 is 22.7 Å². The Hall–Kier alpha value is -3.15. The zero-order valence-corrected chi connectivity index (χ0v) is 15.3. The third kappa shape index (κ3) is 4.34. The number of hydrogen-bond acceptors (Lipinski definition) is 2. The van der Waals surface area contributed by atoms with Crippen LogP contribution in [0.25, 0.3) is 10.9 Å². The fraction of sp³-hybridized carbons (Fsp3) is 0.238. The van der Waals surface area contributed by atoms with E-state index in [-0.39, 0.29) is 17.5 Å². The average Bonchev–Trinajstić information content (AvgIpc) is 3.04. The summed E-state index contributed by atoms with van der Waals surface area (Å²) in [5, 5.41) is 6.48. The Kier molecular flexibility index (Phi) is 5.54. The van der Waals surface area contributed by atoms with Crippen molar-refractivity contribution in [1.29, 1.82) is 0 Å². The molecule has 3 aromatic rings. The third-order valence-corrected chi connectivity index (χ3v) is 4.27. The van der Waals surface area contributed by atoms with Gasteiger partial charge in [-0.15, -0.1) is 0 Å². The lowest BCUT2D eigenvalue weighted by atomic mass is 10.0. The van der Waals surface area contributed by atoms with Gasteiger partial charge in [-0.05, 0) is 37.6 Å². The normalized spacial score (nSPS) is 12.1. The van der Waals surface area contributed by atoms with Crippen molar-refractivity contribution < 1.29 is 14.0 Å². The van der Waals surface area contributed by atoms with Gasteiger partial charge in [-0.3, -0.25) is 9.59 Å². The summed E-state index contributed by atoms with van der Waals surface area (Å²) in [5.74, 6) is -1.54. The molecule has 6 heteroatoms. The molecule has 2 aromatic carbocycles. The first-order valence-electron chi connectivity index (χ1n) is 8.86. The van der Waals surface area contributed by atoms with Crippen LogP contribution in [0.4, 0.5) is 4.39 Å². The lowest BCUT2D eigenvalue weighted by Crippen LogP contribution is -2.49.